The van der Waals surface area contributed by atoms with Crippen molar-refractivity contribution in [1.82, 2.24) is 0 Å². The van der Waals surface area contributed by atoms with E-state index in [0.717, 1.165) is 29.7 Å². The monoisotopic (exact) mass is 429 g/mol. The number of ether oxygens (including phenoxy) is 1. The van der Waals surface area contributed by atoms with Crippen LogP contribution in [0.3, 0.4) is 0 Å². The van der Waals surface area contributed by atoms with Crippen molar-refractivity contribution in [3.63, 3.8) is 0 Å². The molecule has 1 aliphatic carbocycles. The third-order valence-electron chi connectivity index (χ3n) is 5.91. The maximum absolute atomic E-state index is 12.8. The number of nitrogens with two attached hydrogens (primary N) is 1. The van der Waals surface area contributed by atoms with Gasteiger partial charge >= 0.3 is 6.09 Å². The van der Waals surface area contributed by atoms with Crippen LogP contribution in [0.15, 0.2) is 78.9 Å². The largest absolute Gasteiger partial charge is 0.444 e. The van der Waals surface area contributed by atoms with Crippen molar-refractivity contribution in [2.75, 3.05) is 10.6 Å². The van der Waals surface area contributed by atoms with Crippen molar-refractivity contribution >= 4 is 23.4 Å². The minimum absolute atomic E-state index is 0.127. The molecule has 4 rings (SSSR count). The lowest BCUT2D eigenvalue weighted by Crippen LogP contribution is -2.22. The van der Waals surface area contributed by atoms with Gasteiger partial charge in [0, 0.05) is 28.4 Å². The minimum Gasteiger partial charge on any atom is -0.444 e. The van der Waals surface area contributed by atoms with Gasteiger partial charge in [0.2, 0.25) is 0 Å². The van der Waals surface area contributed by atoms with E-state index in [4.69, 9.17) is 10.5 Å². The van der Waals surface area contributed by atoms with Crippen LogP contribution in [-0.4, -0.2) is 17.5 Å². The van der Waals surface area contributed by atoms with Crippen LogP contribution in [0, 0.1) is 0 Å². The SMILES string of the molecule is CCC1(N)CC1c1cccc(NC(=O)c2cccc(NC(=O)OCc3ccccc3)c2)c1. The highest BCUT2D eigenvalue weighted by molar-refractivity contribution is 6.05. The van der Waals surface area contributed by atoms with Gasteiger partial charge in [0.15, 0.2) is 0 Å². The van der Waals surface area contributed by atoms with Gasteiger partial charge in [-0.3, -0.25) is 10.1 Å². The highest BCUT2D eigenvalue weighted by Crippen LogP contribution is 2.51. The van der Waals surface area contributed by atoms with E-state index in [0.29, 0.717) is 17.2 Å². The highest BCUT2D eigenvalue weighted by atomic mass is 16.5. The van der Waals surface area contributed by atoms with Crippen LogP contribution in [0.2, 0.25) is 0 Å². The summed E-state index contributed by atoms with van der Waals surface area (Å²) in [6.07, 6.45) is 1.32. The van der Waals surface area contributed by atoms with Crippen molar-refractivity contribution in [3.8, 4) is 0 Å². The standard InChI is InChI=1S/C26H27N3O3/c1-2-26(27)16-23(26)19-10-6-12-21(14-19)28-24(30)20-11-7-13-22(15-20)29-25(31)32-17-18-8-4-3-5-9-18/h3-15,23H,2,16-17,27H2,1H3,(H,28,30)(H,29,31). The fourth-order valence-corrected chi connectivity index (χ4v) is 3.81. The van der Waals surface area contributed by atoms with Crippen molar-refractivity contribution < 1.29 is 14.3 Å². The molecule has 3 aromatic rings. The first-order valence-electron chi connectivity index (χ1n) is 10.7. The van der Waals surface area contributed by atoms with Gasteiger partial charge in [0.25, 0.3) is 5.91 Å². The number of hydrogen-bond donors (Lipinski definition) is 3. The normalized spacial score (nSPS) is 19.1. The van der Waals surface area contributed by atoms with Crippen molar-refractivity contribution in [2.24, 2.45) is 5.73 Å². The topological polar surface area (TPSA) is 93.5 Å². The van der Waals surface area contributed by atoms with E-state index in [1.165, 1.54) is 0 Å². The van der Waals surface area contributed by atoms with E-state index in [1.54, 1.807) is 24.3 Å². The summed E-state index contributed by atoms with van der Waals surface area (Å²) < 4.78 is 5.23. The zero-order chi connectivity index (χ0) is 22.6. The second-order valence-electron chi connectivity index (χ2n) is 8.19. The molecule has 32 heavy (non-hydrogen) atoms. The number of benzene rings is 3. The number of hydrogen-bond acceptors (Lipinski definition) is 4. The first kappa shape index (κ1) is 21.6. The number of carbonyl (C=O) groups is 2. The van der Waals surface area contributed by atoms with E-state index in [9.17, 15) is 9.59 Å². The summed E-state index contributed by atoms with van der Waals surface area (Å²) in [7, 11) is 0. The summed E-state index contributed by atoms with van der Waals surface area (Å²) in [5.41, 5.74) is 9.90. The molecule has 0 saturated heterocycles. The molecule has 6 heteroatoms. The third kappa shape index (κ3) is 5.15. The maximum atomic E-state index is 12.8. The van der Waals surface area contributed by atoms with Crippen molar-refractivity contribution in [1.29, 1.82) is 0 Å². The lowest BCUT2D eigenvalue weighted by molar-refractivity contribution is 0.102. The van der Waals surface area contributed by atoms with Crippen LogP contribution >= 0.6 is 0 Å². The zero-order valence-electron chi connectivity index (χ0n) is 18.0. The molecule has 0 aliphatic heterocycles. The Morgan fingerprint density at radius 1 is 0.969 bits per heavy atom. The Hall–Kier alpha value is -3.64. The molecular weight excluding hydrogens is 402 g/mol. The van der Waals surface area contributed by atoms with Gasteiger partial charge in [-0.05, 0) is 54.3 Å². The van der Waals surface area contributed by atoms with E-state index in [1.807, 2.05) is 48.5 Å². The average molecular weight is 430 g/mol. The maximum Gasteiger partial charge on any atom is 0.411 e. The van der Waals surface area contributed by atoms with Gasteiger partial charge in [-0.1, -0.05) is 55.5 Å². The van der Waals surface area contributed by atoms with Crippen LogP contribution < -0.4 is 16.4 Å². The molecular formula is C26H27N3O3. The molecule has 1 fully saturated rings. The molecule has 0 radical (unpaired) electrons. The molecule has 1 aliphatic rings. The molecule has 164 valence electrons. The predicted octanol–water partition coefficient (Wildman–Crippen LogP) is 5.28. The second kappa shape index (κ2) is 9.24. The molecule has 2 unspecified atom stereocenters. The Morgan fingerprint density at radius 2 is 1.69 bits per heavy atom. The van der Waals surface area contributed by atoms with Gasteiger partial charge in [-0.15, -0.1) is 0 Å². The highest BCUT2D eigenvalue weighted by Gasteiger charge is 2.50. The summed E-state index contributed by atoms with van der Waals surface area (Å²) in [6, 6.07) is 24.0. The molecule has 6 nitrogen and oxygen atoms in total. The Morgan fingerprint density at radius 3 is 2.41 bits per heavy atom. The van der Waals surface area contributed by atoms with Gasteiger partial charge in [0.1, 0.15) is 6.61 Å². The molecule has 2 atom stereocenters. The molecule has 0 heterocycles. The quantitative estimate of drug-likeness (QED) is 0.476. The van der Waals surface area contributed by atoms with E-state index in [2.05, 4.69) is 23.6 Å². The third-order valence-corrected chi connectivity index (χ3v) is 5.91. The van der Waals surface area contributed by atoms with Gasteiger partial charge in [-0.25, -0.2) is 4.79 Å². The molecule has 4 N–H and O–H groups in total. The van der Waals surface area contributed by atoms with Crippen LogP contribution in [0.25, 0.3) is 0 Å². The molecule has 3 aromatic carbocycles. The summed E-state index contributed by atoms with van der Waals surface area (Å²) in [4.78, 5) is 24.9. The number of amides is 2. The summed E-state index contributed by atoms with van der Waals surface area (Å²) in [5.74, 6) is 0.0764. The van der Waals surface area contributed by atoms with Crippen molar-refractivity contribution in [3.05, 3.63) is 95.6 Å². The van der Waals surface area contributed by atoms with Crippen molar-refractivity contribution in [2.45, 2.75) is 37.8 Å². The lowest BCUT2D eigenvalue weighted by Gasteiger charge is -2.11. The fraction of sp³-hybridized carbons (Fsp3) is 0.231. The van der Waals surface area contributed by atoms with Gasteiger partial charge in [-0.2, -0.15) is 0 Å². The Balaban J connectivity index is 1.36. The minimum atomic E-state index is -0.579. The molecule has 2 amide bonds. The predicted molar refractivity (Wildman–Crippen MR) is 126 cm³/mol. The van der Waals surface area contributed by atoms with E-state index in [-0.39, 0.29) is 18.1 Å². The number of nitrogens with one attached hydrogen (secondary N) is 2. The Kier molecular flexibility index (Phi) is 6.23. The van der Waals surface area contributed by atoms with Crippen LogP contribution in [0.4, 0.5) is 16.2 Å². The molecule has 0 bridgehead atoms. The number of anilines is 2. The van der Waals surface area contributed by atoms with E-state index < -0.39 is 6.09 Å². The smallest absolute Gasteiger partial charge is 0.411 e. The second-order valence-corrected chi connectivity index (χ2v) is 8.19. The first-order chi connectivity index (χ1) is 15.5. The van der Waals surface area contributed by atoms with Gasteiger partial charge in [0.05, 0.1) is 0 Å². The number of carbonyl (C=O) groups excluding carboxylic acids is 2. The number of rotatable bonds is 7. The zero-order valence-corrected chi connectivity index (χ0v) is 18.0. The summed E-state index contributed by atoms with van der Waals surface area (Å²) in [6.45, 7) is 2.27. The fourth-order valence-electron chi connectivity index (χ4n) is 3.81. The van der Waals surface area contributed by atoms with Crippen LogP contribution in [-0.2, 0) is 11.3 Å². The average Bonchev–Trinajstić information content (AvgIpc) is 3.51. The molecule has 1 saturated carbocycles. The Labute approximate surface area is 187 Å². The van der Waals surface area contributed by atoms with Crippen LogP contribution in [0.5, 0.6) is 0 Å². The summed E-state index contributed by atoms with van der Waals surface area (Å²) >= 11 is 0. The Bertz CT molecular complexity index is 1120. The van der Waals surface area contributed by atoms with Crippen LogP contribution in [0.1, 0.15) is 47.2 Å². The lowest BCUT2D eigenvalue weighted by atomic mass is 10.0. The summed E-state index contributed by atoms with van der Waals surface area (Å²) in [5, 5.41) is 5.59. The molecule has 0 aromatic heterocycles. The molecule has 0 spiro atoms. The van der Waals surface area contributed by atoms with E-state index >= 15 is 0 Å². The van der Waals surface area contributed by atoms with Gasteiger partial charge < -0.3 is 15.8 Å². The first-order valence-corrected chi connectivity index (χ1v) is 10.7.